The number of benzene rings is 7. The largest absolute Gasteiger partial charge is 0.456 e. The molecule has 7 aromatic carbocycles. The van der Waals surface area contributed by atoms with Crippen molar-refractivity contribution >= 4 is 55.8 Å². The minimum absolute atomic E-state index is 0.901. The fourth-order valence-corrected chi connectivity index (χ4v) is 7.96. The zero-order valence-electron chi connectivity index (χ0n) is 34.2. The van der Waals surface area contributed by atoms with Gasteiger partial charge in [0.25, 0.3) is 0 Å². The van der Waals surface area contributed by atoms with Crippen LogP contribution in [-0.4, -0.2) is 4.57 Å². The molecular formula is C57H49NO. The van der Waals surface area contributed by atoms with Gasteiger partial charge in [0.15, 0.2) is 0 Å². The number of aromatic nitrogens is 1. The minimum atomic E-state index is 0.901. The molecule has 59 heavy (non-hydrogen) atoms. The lowest BCUT2D eigenvalue weighted by Gasteiger charge is -2.11. The van der Waals surface area contributed by atoms with Gasteiger partial charge in [-0.2, -0.15) is 0 Å². The molecule has 2 aromatic heterocycles. The molecule has 9 aromatic rings. The Labute approximate surface area is 348 Å². The summed E-state index contributed by atoms with van der Waals surface area (Å²) < 4.78 is 8.81. The number of rotatable bonds is 6. The summed E-state index contributed by atoms with van der Waals surface area (Å²) in [4.78, 5) is 0. The van der Waals surface area contributed by atoms with E-state index in [1.54, 1.807) is 18.2 Å². The second-order valence-corrected chi connectivity index (χ2v) is 14.1. The zero-order valence-corrected chi connectivity index (χ0v) is 34.2. The topological polar surface area (TPSA) is 18.1 Å². The molecule has 1 aliphatic carbocycles. The molecule has 1 aliphatic rings. The van der Waals surface area contributed by atoms with Gasteiger partial charge >= 0.3 is 0 Å². The molecular weight excluding hydrogens is 715 g/mol. The molecule has 0 fully saturated rings. The number of furan rings is 1. The van der Waals surface area contributed by atoms with Gasteiger partial charge in [-0.05, 0) is 125 Å². The molecule has 0 aliphatic heterocycles. The Morgan fingerprint density at radius 3 is 1.66 bits per heavy atom. The second-order valence-electron chi connectivity index (χ2n) is 14.1. The van der Waals surface area contributed by atoms with Crippen LogP contribution in [-0.2, 0) is 0 Å². The number of hydrogen-bond acceptors (Lipinski definition) is 1. The highest BCUT2D eigenvalue weighted by Crippen LogP contribution is 2.51. The van der Waals surface area contributed by atoms with Crippen molar-refractivity contribution < 1.29 is 4.42 Å². The van der Waals surface area contributed by atoms with Crippen LogP contribution >= 0.6 is 0 Å². The first-order valence-corrected chi connectivity index (χ1v) is 20.0. The first kappa shape index (κ1) is 39.8. The molecule has 0 saturated heterocycles. The number of fused-ring (bicyclic) bond motifs is 8. The SMILES string of the molecule is C/C=C\C.C=CC.C=CC=C.C=Cc1c(C=C)n(-c2ccc(-c3ccccc3)cc2)c2ccc(-c3ccc4oc5cc6c7c(cccc7c5c4c3)-c3ccccc3-6)cc12. The van der Waals surface area contributed by atoms with E-state index >= 15 is 0 Å². The van der Waals surface area contributed by atoms with E-state index in [2.05, 4.69) is 171 Å². The quantitative estimate of drug-likeness (QED) is 0.122. The summed E-state index contributed by atoms with van der Waals surface area (Å²) in [5, 5.41) is 6.00. The van der Waals surface area contributed by atoms with E-state index in [0.29, 0.717) is 0 Å². The van der Waals surface area contributed by atoms with E-state index in [9.17, 15) is 0 Å². The Balaban J connectivity index is 0.000000433. The van der Waals surface area contributed by atoms with Crippen LogP contribution in [0.1, 0.15) is 32.0 Å². The predicted octanol–water partition coefficient (Wildman–Crippen LogP) is 17.1. The summed E-state index contributed by atoms with van der Waals surface area (Å²) >= 11 is 0. The fraction of sp³-hybridized carbons (Fsp3) is 0.0526. The van der Waals surface area contributed by atoms with Crippen molar-refractivity contribution in [1.82, 2.24) is 4.57 Å². The molecule has 2 heterocycles. The maximum Gasteiger partial charge on any atom is 0.136 e. The van der Waals surface area contributed by atoms with Crippen molar-refractivity contribution in [1.29, 1.82) is 0 Å². The molecule has 0 N–H and O–H groups in total. The van der Waals surface area contributed by atoms with Gasteiger partial charge in [0.2, 0.25) is 0 Å². The highest BCUT2D eigenvalue weighted by atomic mass is 16.3. The lowest BCUT2D eigenvalue weighted by molar-refractivity contribution is 0.669. The first-order chi connectivity index (χ1) is 29.0. The van der Waals surface area contributed by atoms with Crippen molar-refractivity contribution in [2.45, 2.75) is 20.8 Å². The van der Waals surface area contributed by atoms with Crippen molar-refractivity contribution in [3.05, 3.63) is 214 Å². The van der Waals surface area contributed by atoms with Crippen molar-refractivity contribution in [2.75, 3.05) is 0 Å². The molecule has 0 spiro atoms. The molecule has 288 valence electrons. The third kappa shape index (κ3) is 7.33. The predicted molar refractivity (Wildman–Crippen MR) is 260 cm³/mol. The summed E-state index contributed by atoms with van der Waals surface area (Å²) in [5.41, 5.74) is 15.9. The van der Waals surface area contributed by atoms with Gasteiger partial charge in [-0.25, -0.2) is 0 Å². The van der Waals surface area contributed by atoms with Crippen LogP contribution in [0.15, 0.2) is 207 Å². The van der Waals surface area contributed by atoms with Gasteiger partial charge in [0.1, 0.15) is 11.2 Å². The van der Waals surface area contributed by atoms with Crippen LogP contribution in [0.5, 0.6) is 0 Å². The molecule has 2 heteroatoms. The van der Waals surface area contributed by atoms with Gasteiger partial charge < -0.3 is 8.98 Å². The van der Waals surface area contributed by atoms with E-state index in [0.717, 1.165) is 55.5 Å². The Bertz CT molecular complexity index is 3030. The third-order valence-corrected chi connectivity index (χ3v) is 10.6. The average Bonchev–Trinajstić information content (AvgIpc) is 3.94. The Morgan fingerprint density at radius 2 is 1.03 bits per heavy atom. The second kappa shape index (κ2) is 17.8. The van der Waals surface area contributed by atoms with Gasteiger partial charge in [-0.1, -0.05) is 160 Å². The normalized spacial score (nSPS) is 10.9. The third-order valence-electron chi connectivity index (χ3n) is 10.6. The lowest BCUT2D eigenvalue weighted by Crippen LogP contribution is -1.96. The van der Waals surface area contributed by atoms with Gasteiger partial charge in [-0.15, -0.1) is 6.58 Å². The molecule has 0 bridgehead atoms. The zero-order chi connectivity index (χ0) is 41.5. The van der Waals surface area contributed by atoms with Crippen LogP contribution in [0.2, 0.25) is 0 Å². The van der Waals surface area contributed by atoms with Crippen LogP contribution < -0.4 is 0 Å². The highest BCUT2D eigenvalue weighted by Gasteiger charge is 2.24. The van der Waals surface area contributed by atoms with Crippen LogP contribution in [0.4, 0.5) is 0 Å². The molecule has 0 unspecified atom stereocenters. The van der Waals surface area contributed by atoms with Crippen LogP contribution in [0.25, 0.3) is 106 Å². The van der Waals surface area contributed by atoms with Crippen molar-refractivity contribution in [3.63, 3.8) is 0 Å². The van der Waals surface area contributed by atoms with Crippen molar-refractivity contribution in [2.24, 2.45) is 0 Å². The summed E-state index contributed by atoms with van der Waals surface area (Å²) in [6, 6.07) is 50.1. The first-order valence-electron chi connectivity index (χ1n) is 20.0. The molecule has 0 atom stereocenters. The maximum atomic E-state index is 6.53. The van der Waals surface area contributed by atoms with E-state index < -0.39 is 0 Å². The maximum absolute atomic E-state index is 6.53. The smallest absolute Gasteiger partial charge is 0.136 e. The minimum Gasteiger partial charge on any atom is -0.456 e. The lowest BCUT2D eigenvalue weighted by atomic mass is 9.96. The van der Waals surface area contributed by atoms with E-state index in [1.807, 2.05) is 51.1 Å². The molecule has 0 amide bonds. The molecule has 0 radical (unpaired) electrons. The Kier molecular flexibility index (Phi) is 12.0. The Hall–Kier alpha value is -7.42. The molecule has 10 rings (SSSR count). The number of nitrogens with zero attached hydrogens (tertiary/aromatic N) is 1. The fourth-order valence-electron chi connectivity index (χ4n) is 7.96. The summed E-state index contributed by atoms with van der Waals surface area (Å²) in [7, 11) is 0. The van der Waals surface area contributed by atoms with E-state index in [4.69, 9.17) is 4.42 Å². The van der Waals surface area contributed by atoms with Crippen LogP contribution in [0.3, 0.4) is 0 Å². The van der Waals surface area contributed by atoms with Crippen molar-refractivity contribution in [3.8, 4) is 50.2 Å². The van der Waals surface area contributed by atoms with Crippen LogP contribution in [0, 0.1) is 0 Å². The molecule has 2 nitrogen and oxygen atoms in total. The standard InChI is InChI=1S/C46H29NO.C4H8.C4H6.C3H6/c1-3-33-38-25-30(19-23-42(38)47(41(33)4-2)32-21-17-29(18-22-32)28-11-6-5-7-12-28)31-20-24-43-40(26-31)46-37-16-10-15-36-34-13-8-9-14-35(34)39(45(36)37)27-44(46)48-43;2*1-3-4-2;1-3-2/h3-27H,1-2H2;3-4H,1-2H3;3-4H,1-2H2;3H,1H2,2H3/b;4-3-;;. The van der Waals surface area contributed by atoms with Gasteiger partial charge in [0, 0.05) is 27.4 Å². The monoisotopic (exact) mass is 763 g/mol. The number of hydrogen-bond donors (Lipinski definition) is 0. The number of allylic oxidation sites excluding steroid dienone is 5. The average molecular weight is 764 g/mol. The highest BCUT2D eigenvalue weighted by molar-refractivity contribution is 6.28. The summed E-state index contributed by atoms with van der Waals surface area (Å²) in [5.74, 6) is 0. The Morgan fingerprint density at radius 1 is 0.458 bits per heavy atom. The van der Waals surface area contributed by atoms with Gasteiger partial charge in [-0.3, -0.25) is 0 Å². The van der Waals surface area contributed by atoms with Gasteiger partial charge in [0.05, 0.1) is 11.2 Å². The van der Waals surface area contributed by atoms with E-state index in [-0.39, 0.29) is 0 Å². The summed E-state index contributed by atoms with van der Waals surface area (Å²) in [6.45, 7) is 24.4. The molecule has 0 saturated carbocycles. The summed E-state index contributed by atoms with van der Waals surface area (Å²) in [6.07, 6.45) is 12.9. The van der Waals surface area contributed by atoms with E-state index in [1.165, 1.54) is 49.5 Å².